The van der Waals surface area contributed by atoms with Gasteiger partial charge in [0.05, 0.1) is 7.11 Å². The number of hydrogen-bond acceptors (Lipinski definition) is 3. The largest absolute Gasteiger partial charge is 0.508 e. The van der Waals surface area contributed by atoms with Crippen molar-refractivity contribution in [2.75, 3.05) is 27.2 Å². The predicted molar refractivity (Wildman–Crippen MR) is 107 cm³/mol. The molecule has 2 aromatic carbocycles. The second-order valence-electron chi connectivity index (χ2n) is 6.21. The van der Waals surface area contributed by atoms with E-state index in [1.807, 2.05) is 31.3 Å². The standard InChI is InChI=1S/C21H29N3O2/c1-4-22-21(23-15-5-6-17-7-11-19(25)12-8-17)24(2)16-18-9-13-20(26-3)14-10-18/h7-14,25H,4-6,15-16H2,1-3H3,(H,22,23). The molecule has 0 spiro atoms. The van der Waals surface area contributed by atoms with Crippen LogP contribution in [0, 0.1) is 0 Å². The summed E-state index contributed by atoms with van der Waals surface area (Å²) in [6, 6.07) is 15.5. The molecule has 5 heteroatoms. The Kier molecular flexibility index (Phi) is 7.80. The third kappa shape index (κ3) is 6.31. The van der Waals surface area contributed by atoms with E-state index in [4.69, 9.17) is 9.73 Å². The summed E-state index contributed by atoms with van der Waals surface area (Å²) in [5.41, 5.74) is 2.43. The second kappa shape index (κ2) is 10.3. The van der Waals surface area contributed by atoms with Gasteiger partial charge in [-0.3, -0.25) is 4.99 Å². The topological polar surface area (TPSA) is 57.1 Å². The summed E-state index contributed by atoms with van der Waals surface area (Å²) in [6.45, 7) is 4.46. The van der Waals surface area contributed by atoms with Crippen molar-refractivity contribution in [3.05, 3.63) is 59.7 Å². The monoisotopic (exact) mass is 355 g/mol. The average Bonchev–Trinajstić information content (AvgIpc) is 2.66. The summed E-state index contributed by atoms with van der Waals surface area (Å²) >= 11 is 0. The molecule has 0 atom stereocenters. The molecule has 140 valence electrons. The lowest BCUT2D eigenvalue weighted by Gasteiger charge is -2.22. The van der Waals surface area contributed by atoms with Gasteiger partial charge in [0.25, 0.3) is 0 Å². The Labute approximate surface area is 156 Å². The highest BCUT2D eigenvalue weighted by molar-refractivity contribution is 5.79. The van der Waals surface area contributed by atoms with Gasteiger partial charge >= 0.3 is 0 Å². The summed E-state index contributed by atoms with van der Waals surface area (Å²) in [4.78, 5) is 6.86. The van der Waals surface area contributed by atoms with Crippen molar-refractivity contribution in [2.45, 2.75) is 26.3 Å². The van der Waals surface area contributed by atoms with Gasteiger partial charge in [-0.05, 0) is 55.2 Å². The van der Waals surface area contributed by atoms with Gasteiger partial charge in [-0.2, -0.15) is 0 Å². The zero-order valence-electron chi connectivity index (χ0n) is 15.9. The summed E-state index contributed by atoms with van der Waals surface area (Å²) in [5, 5.41) is 12.7. The fourth-order valence-corrected chi connectivity index (χ4v) is 2.68. The molecule has 5 nitrogen and oxygen atoms in total. The third-order valence-electron chi connectivity index (χ3n) is 4.10. The number of phenols is 1. The maximum Gasteiger partial charge on any atom is 0.193 e. The quantitative estimate of drug-likeness (QED) is 0.433. The average molecular weight is 355 g/mol. The highest BCUT2D eigenvalue weighted by Gasteiger charge is 2.06. The van der Waals surface area contributed by atoms with Crippen LogP contribution in [0.2, 0.25) is 0 Å². The first-order chi connectivity index (χ1) is 12.6. The number of benzene rings is 2. The van der Waals surface area contributed by atoms with Crippen LogP contribution in [-0.4, -0.2) is 43.2 Å². The molecule has 0 aromatic heterocycles. The molecule has 2 rings (SSSR count). The summed E-state index contributed by atoms with van der Waals surface area (Å²) in [5.74, 6) is 2.08. The van der Waals surface area contributed by atoms with E-state index in [1.165, 1.54) is 11.1 Å². The first-order valence-electron chi connectivity index (χ1n) is 9.02. The highest BCUT2D eigenvalue weighted by Crippen LogP contribution is 2.13. The molecule has 0 saturated carbocycles. The van der Waals surface area contributed by atoms with Gasteiger partial charge in [0.1, 0.15) is 11.5 Å². The van der Waals surface area contributed by atoms with Crippen molar-refractivity contribution in [1.82, 2.24) is 10.2 Å². The van der Waals surface area contributed by atoms with Crippen LogP contribution in [0.15, 0.2) is 53.5 Å². The lowest BCUT2D eigenvalue weighted by atomic mass is 10.1. The molecule has 0 unspecified atom stereocenters. The fourth-order valence-electron chi connectivity index (χ4n) is 2.68. The number of nitrogens with one attached hydrogen (secondary N) is 1. The minimum Gasteiger partial charge on any atom is -0.508 e. The normalized spacial score (nSPS) is 11.3. The van der Waals surface area contributed by atoms with E-state index >= 15 is 0 Å². The summed E-state index contributed by atoms with van der Waals surface area (Å²) in [6.07, 6.45) is 1.92. The number of hydrogen-bond donors (Lipinski definition) is 2. The van der Waals surface area contributed by atoms with Gasteiger partial charge < -0.3 is 20.1 Å². The van der Waals surface area contributed by atoms with Crippen molar-refractivity contribution in [3.8, 4) is 11.5 Å². The SMILES string of the molecule is CCNC(=NCCCc1ccc(O)cc1)N(C)Cc1ccc(OC)cc1. The van der Waals surface area contributed by atoms with Gasteiger partial charge in [0.2, 0.25) is 0 Å². The van der Waals surface area contributed by atoms with Crippen LogP contribution in [0.25, 0.3) is 0 Å². The van der Waals surface area contributed by atoms with Gasteiger partial charge in [-0.25, -0.2) is 0 Å². The molecule has 0 radical (unpaired) electrons. The smallest absolute Gasteiger partial charge is 0.193 e. The molecular formula is C21H29N3O2. The third-order valence-corrected chi connectivity index (χ3v) is 4.10. The lowest BCUT2D eigenvalue weighted by Crippen LogP contribution is -2.38. The molecule has 0 aliphatic carbocycles. The van der Waals surface area contributed by atoms with Gasteiger partial charge in [0.15, 0.2) is 5.96 Å². The summed E-state index contributed by atoms with van der Waals surface area (Å²) < 4.78 is 5.21. The highest BCUT2D eigenvalue weighted by atomic mass is 16.5. The molecule has 26 heavy (non-hydrogen) atoms. The lowest BCUT2D eigenvalue weighted by molar-refractivity contribution is 0.414. The van der Waals surface area contributed by atoms with Crippen LogP contribution in [0.1, 0.15) is 24.5 Å². The predicted octanol–water partition coefficient (Wildman–Crippen LogP) is 3.43. The maximum absolute atomic E-state index is 9.33. The van der Waals surface area contributed by atoms with Crippen molar-refractivity contribution in [1.29, 1.82) is 0 Å². The molecule has 0 aliphatic rings. The first-order valence-corrected chi connectivity index (χ1v) is 9.02. The minimum absolute atomic E-state index is 0.307. The number of guanidine groups is 1. The summed E-state index contributed by atoms with van der Waals surface area (Å²) in [7, 11) is 3.72. The van der Waals surface area contributed by atoms with E-state index in [0.29, 0.717) is 5.75 Å². The van der Waals surface area contributed by atoms with E-state index in [9.17, 15) is 5.11 Å². The molecule has 0 fully saturated rings. The van der Waals surface area contributed by atoms with E-state index in [1.54, 1.807) is 19.2 Å². The molecule has 2 N–H and O–H groups in total. The number of phenolic OH excluding ortho intramolecular Hbond substituents is 1. The molecular weight excluding hydrogens is 326 g/mol. The van der Waals surface area contributed by atoms with E-state index in [2.05, 4.69) is 29.3 Å². The van der Waals surface area contributed by atoms with Gasteiger partial charge in [-0.1, -0.05) is 24.3 Å². The van der Waals surface area contributed by atoms with Crippen LogP contribution in [-0.2, 0) is 13.0 Å². The van der Waals surface area contributed by atoms with E-state index in [0.717, 1.165) is 44.2 Å². The Hall–Kier alpha value is -2.69. The minimum atomic E-state index is 0.307. The Morgan fingerprint density at radius 1 is 1.08 bits per heavy atom. The zero-order valence-corrected chi connectivity index (χ0v) is 15.9. The number of aliphatic imine (C=N–C) groups is 1. The Morgan fingerprint density at radius 2 is 1.73 bits per heavy atom. The van der Waals surface area contributed by atoms with Crippen molar-refractivity contribution >= 4 is 5.96 Å². The zero-order chi connectivity index (χ0) is 18.8. The van der Waals surface area contributed by atoms with Crippen LogP contribution < -0.4 is 10.1 Å². The Bertz CT molecular complexity index is 681. The van der Waals surface area contributed by atoms with E-state index in [-0.39, 0.29) is 0 Å². The molecule has 0 bridgehead atoms. The number of nitrogens with zero attached hydrogens (tertiary/aromatic N) is 2. The van der Waals surface area contributed by atoms with Crippen LogP contribution in [0.4, 0.5) is 0 Å². The number of methoxy groups -OCH3 is 1. The Balaban J connectivity index is 1.88. The molecule has 2 aromatic rings. The maximum atomic E-state index is 9.33. The van der Waals surface area contributed by atoms with Gasteiger partial charge in [0, 0.05) is 26.7 Å². The second-order valence-corrected chi connectivity index (χ2v) is 6.21. The van der Waals surface area contributed by atoms with Gasteiger partial charge in [-0.15, -0.1) is 0 Å². The fraction of sp³-hybridized carbons (Fsp3) is 0.381. The molecule has 0 heterocycles. The molecule has 0 aliphatic heterocycles. The number of aryl methyl sites for hydroxylation is 1. The molecule has 0 saturated heterocycles. The van der Waals surface area contributed by atoms with Crippen LogP contribution in [0.5, 0.6) is 11.5 Å². The number of aromatic hydroxyl groups is 1. The molecule has 0 amide bonds. The van der Waals surface area contributed by atoms with Crippen LogP contribution >= 0.6 is 0 Å². The first kappa shape index (κ1) is 19.6. The van der Waals surface area contributed by atoms with Crippen molar-refractivity contribution in [2.24, 2.45) is 4.99 Å². The van der Waals surface area contributed by atoms with Crippen LogP contribution in [0.3, 0.4) is 0 Å². The number of ether oxygens (including phenoxy) is 1. The van der Waals surface area contributed by atoms with E-state index < -0.39 is 0 Å². The Morgan fingerprint density at radius 3 is 2.35 bits per heavy atom. The number of rotatable bonds is 8. The van der Waals surface area contributed by atoms with Crippen molar-refractivity contribution < 1.29 is 9.84 Å². The van der Waals surface area contributed by atoms with Crippen molar-refractivity contribution in [3.63, 3.8) is 0 Å².